The summed E-state index contributed by atoms with van der Waals surface area (Å²) in [7, 11) is 1.65. The predicted octanol–water partition coefficient (Wildman–Crippen LogP) is 4.57. The van der Waals surface area contributed by atoms with Crippen molar-refractivity contribution in [3.05, 3.63) is 52.5 Å². The first-order chi connectivity index (χ1) is 9.79. The number of methoxy groups -OCH3 is 1. The molecule has 20 heavy (non-hydrogen) atoms. The summed E-state index contributed by atoms with van der Waals surface area (Å²) in [6, 6.07) is 9.73. The van der Waals surface area contributed by atoms with Crippen LogP contribution in [0.25, 0.3) is 10.1 Å². The highest BCUT2D eigenvalue weighted by Crippen LogP contribution is 2.29. The highest BCUT2D eigenvalue weighted by Gasteiger charge is 2.09. The Morgan fingerprint density at radius 2 is 2.20 bits per heavy atom. The van der Waals surface area contributed by atoms with Gasteiger partial charge in [0.05, 0.1) is 7.11 Å². The molecule has 3 rings (SSSR count). The maximum absolute atomic E-state index is 6.23. The summed E-state index contributed by atoms with van der Waals surface area (Å²) >= 11 is 7.94. The average Bonchev–Trinajstić information content (AvgIpc) is 2.94. The fourth-order valence-corrected chi connectivity index (χ4v) is 3.12. The van der Waals surface area contributed by atoms with Crippen molar-refractivity contribution in [2.75, 3.05) is 12.4 Å². The van der Waals surface area contributed by atoms with E-state index in [2.05, 4.69) is 21.7 Å². The lowest BCUT2D eigenvalue weighted by molar-refractivity contribution is 0.410. The molecule has 0 saturated heterocycles. The van der Waals surface area contributed by atoms with Gasteiger partial charge in [0.2, 0.25) is 0 Å². The Kier molecular flexibility index (Phi) is 3.76. The van der Waals surface area contributed by atoms with E-state index in [1.807, 2.05) is 30.5 Å². The molecule has 3 nitrogen and oxygen atoms in total. The molecule has 0 aliphatic carbocycles. The van der Waals surface area contributed by atoms with Gasteiger partial charge in [0.1, 0.15) is 11.6 Å². The SMILES string of the molecule is COc1cccc(Cl)c1CNc1nccc2sccc12. The normalized spacial score (nSPS) is 10.7. The number of nitrogens with zero attached hydrogens (tertiary/aromatic N) is 1. The third kappa shape index (κ3) is 2.44. The fourth-order valence-electron chi connectivity index (χ4n) is 2.11. The summed E-state index contributed by atoms with van der Waals surface area (Å²) in [6.45, 7) is 0.574. The summed E-state index contributed by atoms with van der Waals surface area (Å²) in [5.74, 6) is 1.65. The number of fused-ring (bicyclic) bond motifs is 1. The monoisotopic (exact) mass is 304 g/mol. The topological polar surface area (TPSA) is 34.1 Å². The van der Waals surface area contributed by atoms with Crippen molar-refractivity contribution < 1.29 is 4.74 Å². The van der Waals surface area contributed by atoms with Crippen LogP contribution in [0, 0.1) is 0 Å². The number of nitrogens with one attached hydrogen (secondary N) is 1. The molecule has 1 aromatic carbocycles. The number of hydrogen-bond donors (Lipinski definition) is 1. The minimum absolute atomic E-state index is 0.574. The number of benzene rings is 1. The molecule has 0 bridgehead atoms. The van der Waals surface area contributed by atoms with Gasteiger partial charge < -0.3 is 10.1 Å². The van der Waals surface area contributed by atoms with Gasteiger partial charge in [0, 0.05) is 33.4 Å². The van der Waals surface area contributed by atoms with Gasteiger partial charge in [-0.15, -0.1) is 11.3 Å². The fraction of sp³-hybridized carbons (Fsp3) is 0.133. The van der Waals surface area contributed by atoms with E-state index in [4.69, 9.17) is 16.3 Å². The van der Waals surface area contributed by atoms with Crippen LogP contribution in [0.3, 0.4) is 0 Å². The first-order valence-corrected chi connectivity index (χ1v) is 7.43. The van der Waals surface area contributed by atoms with E-state index in [0.29, 0.717) is 11.6 Å². The zero-order valence-corrected chi connectivity index (χ0v) is 12.5. The Morgan fingerprint density at radius 1 is 1.30 bits per heavy atom. The molecular weight excluding hydrogens is 292 g/mol. The van der Waals surface area contributed by atoms with Gasteiger partial charge in [-0.25, -0.2) is 4.98 Å². The van der Waals surface area contributed by atoms with Gasteiger partial charge in [-0.2, -0.15) is 0 Å². The number of hydrogen-bond acceptors (Lipinski definition) is 4. The number of thiophene rings is 1. The summed E-state index contributed by atoms with van der Waals surface area (Å²) in [5.41, 5.74) is 0.936. The smallest absolute Gasteiger partial charge is 0.134 e. The molecule has 0 spiro atoms. The Labute approximate surface area is 126 Å². The molecule has 102 valence electrons. The van der Waals surface area contributed by atoms with Crippen molar-refractivity contribution in [2.45, 2.75) is 6.54 Å². The van der Waals surface area contributed by atoms with Crippen LogP contribution < -0.4 is 10.1 Å². The van der Waals surface area contributed by atoms with E-state index in [0.717, 1.165) is 22.5 Å². The van der Waals surface area contributed by atoms with Crippen molar-refractivity contribution in [1.82, 2.24) is 4.98 Å². The molecule has 0 radical (unpaired) electrons. The first kappa shape index (κ1) is 13.2. The largest absolute Gasteiger partial charge is 0.496 e. The van der Waals surface area contributed by atoms with Crippen molar-refractivity contribution in [3.63, 3.8) is 0 Å². The lowest BCUT2D eigenvalue weighted by Gasteiger charge is -2.12. The van der Waals surface area contributed by atoms with Crippen molar-refractivity contribution in [1.29, 1.82) is 0 Å². The quantitative estimate of drug-likeness (QED) is 0.766. The van der Waals surface area contributed by atoms with Crippen molar-refractivity contribution >= 4 is 38.8 Å². The second kappa shape index (κ2) is 5.69. The molecule has 2 aromatic heterocycles. The first-order valence-electron chi connectivity index (χ1n) is 6.17. The number of aromatic nitrogens is 1. The number of anilines is 1. The number of ether oxygens (including phenoxy) is 1. The van der Waals surface area contributed by atoms with Crippen molar-refractivity contribution in [2.24, 2.45) is 0 Å². The van der Waals surface area contributed by atoms with Crippen LogP contribution in [0.5, 0.6) is 5.75 Å². The second-order valence-corrected chi connectivity index (χ2v) is 5.62. The van der Waals surface area contributed by atoms with Crippen LogP contribution in [0.1, 0.15) is 5.56 Å². The highest BCUT2D eigenvalue weighted by molar-refractivity contribution is 7.17. The van der Waals surface area contributed by atoms with Crippen LogP contribution >= 0.6 is 22.9 Å². The van der Waals surface area contributed by atoms with E-state index < -0.39 is 0 Å². The van der Waals surface area contributed by atoms with Gasteiger partial charge in [0.15, 0.2) is 0 Å². The molecule has 5 heteroatoms. The Hall–Kier alpha value is -1.78. The molecule has 0 amide bonds. The number of rotatable bonds is 4. The van der Waals surface area contributed by atoms with E-state index in [1.165, 1.54) is 4.70 Å². The molecular formula is C15H13ClN2OS. The molecule has 0 atom stereocenters. The molecule has 3 aromatic rings. The van der Waals surface area contributed by atoms with Gasteiger partial charge in [-0.1, -0.05) is 17.7 Å². The van der Waals surface area contributed by atoms with E-state index in [-0.39, 0.29) is 0 Å². The molecule has 0 aliphatic rings. The molecule has 0 unspecified atom stereocenters. The standard InChI is InChI=1S/C15H13ClN2OS/c1-19-13-4-2-3-12(16)11(13)9-18-15-10-6-8-20-14(10)5-7-17-15/h2-8H,9H2,1H3,(H,17,18). The molecule has 0 saturated carbocycles. The van der Waals surface area contributed by atoms with Gasteiger partial charge in [0.25, 0.3) is 0 Å². The molecule has 1 N–H and O–H groups in total. The maximum atomic E-state index is 6.23. The van der Waals surface area contributed by atoms with E-state index in [9.17, 15) is 0 Å². The van der Waals surface area contributed by atoms with Gasteiger partial charge >= 0.3 is 0 Å². The molecule has 0 fully saturated rings. The maximum Gasteiger partial charge on any atom is 0.134 e. The van der Waals surface area contributed by atoms with Crippen molar-refractivity contribution in [3.8, 4) is 5.75 Å². The highest BCUT2D eigenvalue weighted by atomic mass is 35.5. The van der Waals surface area contributed by atoms with E-state index >= 15 is 0 Å². The van der Waals surface area contributed by atoms with Gasteiger partial charge in [-0.3, -0.25) is 0 Å². The molecule has 2 heterocycles. The Balaban J connectivity index is 1.88. The van der Waals surface area contributed by atoms with Crippen LogP contribution in [0.4, 0.5) is 5.82 Å². The van der Waals surface area contributed by atoms with Crippen LogP contribution in [-0.2, 0) is 6.54 Å². The van der Waals surface area contributed by atoms with Gasteiger partial charge in [-0.05, 0) is 29.6 Å². The average molecular weight is 305 g/mol. The third-order valence-electron chi connectivity index (χ3n) is 3.11. The lowest BCUT2D eigenvalue weighted by Crippen LogP contribution is -2.04. The van der Waals surface area contributed by atoms with Crippen LogP contribution in [0.2, 0.25) is 5.02 Å². The summed E-state index contributed by atoms with van der Waals surface area (Å²) in [4.78, 5) is 4.39. The summed E-state index contributed by atoms with van der Waals surface area (Å²) in [6.07, 6.45) is 1.81. The predicted molar refractivity (Wildman–Crippen MR) is 85.0 cm³/mol. The minimum atomic E-state index is 0.574. The zero-order valence-electron chi connectivity index (χ0n) is 10.9. The van der Waals surface area contributed by atoms with Crippen LogP contribution in [0.15, 0.2) is 41.9 Å². The Morgan fingerprint density at radius 3 is 3.05 bits per heavy atom. The Bertz CT molecular complexity index is 742. The summed E-state index contributed by atoms with van der Waals surface area (Å²) in [5, 5.41) is 7.22. The number of halogens is 1. The molecule has 0 aliphatic heterocycles. The number of pyridine rings is 1. The second-order valence-electron chi connectivity index (χ2n) is 4.27. The van der Waals surface area contributed by atoms with E-state index in [1.54, 1.807) is 18.4 Å². The third-order valence-corrected chi connectivity index (χ3v) is 4.34. The van der Waals surface area contributed by atoms with Crippen LogP contribution in [-0.4, -0.2) is 12.1 Å². The summed E-state index contributed by atoms with van der Waals surface area (Å²) < 4.78 is 6.56. The zero-order chi connectivity index (χ0) is 13.9. The lowest BCUT2D eigenvalue weighted by atomic mass is 10.2. The minimum Gasteiger partial charge on any atom is -0.496 e.